The molecule has 0 bridgehead atoms. The van der Waals surface area contributed by atoms with E-state index in [4.69, 9.17) is 0 Å². The number of carbonyl (C=O) groups excluding carboxylic acids is 2. The lowest BCUT2D eigenvalue weighted by Crippen LogP contribution is -2.43. The van der Waals surface area contributed by atoms with Crippen LogP contribution in [-0.2, 0) is 9.59 Å². The fourth-order valence-corrected chi connectivity index (χ4v) is 2.87. The molecule has 1 heterocycles. The predicted octanol–water partition coefficient (Wildman–Crippen LogP) is 2.07. The van der Waals surface area contributed by atoms with Crippen molar-refractivity contribution in [3.05, 3.63) is 24.3 Å². The molecular formula is C14H16N2O2S. The number of hydrogen-bond acceptors (Lipinski definition) is 3. The van der Waals surface area contributed by atoms with E-state index in [0.717, 1.165) is 24.3 Å². The van der Waals surface area contributed by atoms with Crippen LogP contribution in [0.4, 0.5) is 11.4 Å². The predicted molar refractivity (Wildman–Crippen MR) is 77.6 cm³/mol. The number of hydrogen-bond donors (Lipinski definition) is 2. The number of carbonyl (C=O) groups is 2. The number of benzene rings is 1. The Labute approximate surface area is 117 Å². The Morgan fingerprint density at radius 2 is 2.11 bits per heavy atom. The number of thiol groups is 1. The maximum atomic E-state index is 12.4. The summed E-state index contributed by atoms with van der Waals surface area (Å²) < 4.78 is 0. The highest BCUT2D eigenvalue weighted by atomic mass is 32.1. The van der Waals surface area contributed by atoms with Crippen molar-refractivity contribution < 1.29 is 9.59 Å². The smallest absolute Gasteiger partial charge is 0.244 e. The minimum atomic E-state index is -0.136. The number of nitrogens with one attached hydrogen (secondary N) is 1. The van der Waals surface area contributed by atoms with Gasteiger partial charge >= 0.3 is 0 Å². The Bertz CT molecular complexity index is 540. The average Bonchev–Trinajstić information content (AvgIpc) is 3.18. The third kappa shape index (κ3) is 2.34. The van der Waals surface area contributed by atoms with Crippen molar-refractivity contribution in [2.45, 2.75) is 19.3 Å². The van der Waals surface area contributed by atoms with Gasteiger partial charge in [-0.05, 0) is 36.1 Å². The van der Waals surface area contributed by atoms with Crippen LogP contribution in [0.15, 0.2) is 24.3 Å². The molecule has 1 aromatic carbocycles. The van der Waals surface area contributed by atoms with E-state index in [-0.39, 0.29) is 23.8 Å². The molecule has 100 valence electrons. The van der Waals surface area contributed by atoms with Crippen molar-refractivity contribution in [1.29, 1.82) is 0 Å². The van der Waals surface area contributed by atoms with Crippen LogP contribution in [0, 0.1) is 5.41 Å². The molecule has 2 aliphatic rings. The topological polar surface area (TPSA) is 49.4 Å². The molecule has 1 N–H and O–H groups in total. The maximum absolute atomic E-state index is 12.4. The van der Waals surface area contributed by atoms with Crippen LogP contribution < -0.4 is 10.2 Å². The standard InChI is InChI=1S/C14H16N2O2S/c17-12-8-16(11-4-2-1-3-10(11)15-12)13(18)7-14(9-19)5-6-14/h1-4,19H,5-9H2,(H,15,17). The zero-order chi connectivity index (χ0) is 13.5. The highest BCUT2D eigenvalue weighted by Gasteiger charge is 2.44. The fraction of sp³-hybridized carbons (Fsp3) is 0.429. The Morgan fingerprint density at radius 3 is 2.79 bits per heavy atom. The summed E-state index contributed by atoms with van der Waals surface area (Å²) >= 11 is 4.33. The summed E-state index contributed by atoms with van der Waals surface area (Å²) in [5.74, 6) is 0.622. The maximum Gasteiger partial charge on any atom is 0.244 e. The molecule has 19 heavy (non-hydrogen) atoms. The van der Waals surface area contributed by atoms with E-state index in [1.807, 2.05) is 24.3 Å². The molecule has 5 heteroatoms. The van der Waals surface area contributed by atoms with E-state index in [1.54, 1.807) is 4.90 Å². The van der Waals surface area contributed by atoms with Crippen molar-refractivity contribution in [3.63, 3.8) is 0 Å². The lowest BCUT2D eigenvalue weighted by atomic mass is 10.0. The molecule has 1 fully saturated rings. The second-order valence-electron chi connectivity index (χ2n) is 5.38. The quantitative estimate of drug-likeness (QED) is 0.830. The van der Waals surface area contributed by atoms with Crippen LogP contribution in [0.5, 0.6) is 0 Å². The van der Waals surface area contributed by atoms with Crippen LogP contribution in [0.1, 0.15) is 19.3 Å². The van der Waals surface area contributed by atoms with Crippen molar-refractivity contribution in [2.24, 2.45) is 5.41 Å². The zero-order valence-electron chi connectivity index (χ0n) is 10.6. The molecule has 2 amide bonds. The molecule has 1 aromatic rings. The van der Waals surface area contributed by atoms with Crippen molar-refractivity contribution in [2.75, 3.05) is 22.5 Å². The van der Waals surface area contributed by atoms with Gasteiger partial charge in [0.15, 0.2) is 0 Å². The van der Waals surface area contributed by atoms with Crippen LogP contribution in [0.25, 0.3) is 0 Å². The van der Waals surface area contributed by atoms with E-state index in [0.29, 0.717) is 12.1 Å². The van der Waals surface area contributed by atoms with E-state index < -0.39 is 0 Å². The third-order valence-electron chi connectivity index (χ3n) is 3.89. The van der Waals surface area contributed by atoms with Gasteiger partial charge in [0.1, 0.15) is 6.54 Å². The molecular weight excluding hydrogens is 260 g/mol. The first-order valence-electron chi connectivity index (χ1n) is 6.44. The number of amides is 2. The minimum absolute atomic E-state index is 0.0221. The van der Waals surface area contributed by atoms with Gasteiger partial charge in [0.05, 0.1) is 11.4 Å². The van der Waals surface area contributed by atoms with Crippen molar-refractivity contribution >= 4 is 35.8 Å². The molecule has 4 nitrogen and oxygen atoms in total. The average molecular weight is 276 g/mol. The Hall–Kier alpha value is -1.49. The molecule has 3 rings (SSSR count). The molecule has 1 aliphatic carbocycles. The SMILES string of the molecule is O=C1CN(C(=O)CC2(CS)CC2)c2ccccc2N1. The molecule has 0 unspecified atom stereocenters. The third-order valence-corrected chi connectivity index (χ3v) is 4.56. The van der Waals surface area contributed by atoms with Gasteiger partial charge in [-0.2, -0.15) is 12.6 Å². The van der Waals surface area contributed by atoms with E-state index in [2.05, 4.69) is 17.9 Å². The van der Waals surface area contributed by atoms with Crippen LogP contribution in [0.3, 0.4) is 0 Å². The Morgan fingerprint density at radius 1 is 1.37 bits per heavy atom. The number of para-hydroxylation sites is 2. The molecule has 0 radical (unpaired) electrons. The summed E-state index contributed by atoms with van der Waals surface area (Å²) in [6.07, 6.45) is 2.60. The molecule has 0 aromatic heterocycles. The monoisotopic (exact) mass is 276 g/mol. The summed E-state index contributed by atoms with van der Waals surface area (Å²) in [7, 11) is 0. The van der Waals surface area contributed by atoms with Gasteiger partial charge in [0.25, 0.3) is 0 Å². The fourth-order valence-electron chi connectivity index (χ4n) is 2.44. The van der Waals surface area contributed by atoms with Gasteiger partial charge < -0.3 is 10.2 Å². The van der Waals surface area contributed by atoms with Gasteiger partial charge in [0, 0.05) is 6.42 Å². The number of fused-ring (bicyclic) bond motifs is 1. The highest BCUT2D eigenvalue weighted by Crippen LogP contribution is 2.50. The number of rotatable bonds is 3. The van der Waals surface area contributed by atoms with Gasteiger partial charge in [0.2, 0.25) is 11.8 Å². The summed E-state index contributed by atoms with van der Waals surface area (Å²) in [6.45, 7) is 0.110. The van der Waals surface area contributed by atoms with Gasteiger partial charge in [-0.15, -0.1) is 0 Å². The molecule has 1 saturated carbocycles. The van der Waals surface area contributed by atoms with E-state index >= 15 is 0 Å². The van der Waals surface area contributed by atoms with Crippen LogP contribution in [-0.4, -0.2) is 24.1 Å². The van der Waals surface area contributed by atoms with Crippen LogP contribution >= 0.6 is 12.6 Å². The lowest BCUT2D eigenvalue weighted by Gasteiger charge is -2.30. The Balaban J connectivity index is 1.84. The summed E-state index contributed by atoms with van der Waals surface area (Å²) in [5.41, 5.74) is 1.58. The first-order chi connectivity index (χ1) is 9.13. The second-order valence-corrected chi connectivity index (χ2v) is 5.70. The van der Waals surface area contributed by atoms with Gasteiger partial charge in [-0.25, -0.2) is 0 Å². The van der Waals surface area contributed by atoms with Gasteiger partial charge in [-0.3, -0.25) is 9.59 Å². The Kier molecular flexibility index (Phi) is 3.01. The molecule has 1 aliphatic heterocycles. The number of anilines is 2. The lowest BCUT2D eigenvalue weighted by molar-refractivity contribution is -0.122. The molecule has 0 saturated heterocycles. The summed E-state index contributed by atoms with van der Waals surface area (Å²) in [4.78, 5) is 25.7. The molecule has 0 atom stereocenters. The summed E-state index contributed by atoms with van der Waals surface area (Å²) in [5, 5.41) is 2.79. The highest BCUT2D eigenvalue weighted by molar-refractivity contribution is 7.80. The van der Waals surface area contributed by atoms with E-state index in [9.17, 15) is 9.59 Å². The zero-order valence-corrected chi connectivity index (χ0v) is 11.5. The van der Waals surface area contributed by atoms with Crippen molar-refractivity contribution in [3.8, 4) is 0 Å². The van der Waals surface area contributed by atoms with Crippen LogP contribution in [0.2, 0.25) is 0 Å². The second kappa shape index (κ2) is 4.56. The normalized spacial score (nSPS) is 19.6. The summed E-state index contributed by atoms with van der Waals surface area (Å²) in [6, 6.07) is 7.41. The first kappa shape index (κ1) is 12.5. The molecule has 0 spiro atoms. The van der Waals surface area contributed by atoms with Gasteiger partial charge in [-0.1, -0.05) is 12.1 Å². The van der Waals surface area contributed by atoms with E-state index in [1.165, 1.54) is 0 Å². The largest absolute Gasteiger partial charge is 0.323 e. The minimum Gasteiger partial charge on any atom is -0.323 e. The van der Waals surface area contributed by atoms with Crippen molar-refractivity contribution in [1.82, 2.24) is 0 Å². The number of nitrogens with zero attached hydrogens (tertiary/aromatic N) is 1. The first-order valence-corrected chi connectivity index (χ1v) is 7.07.